The van der Waals surface area contributed by atoms with E-state index in [-0.39, 0.29) is 12.1 Å². The fraction of sp³-hybridized carbons (Fsp3) is 0.276. The van der Waals surface area contributed by atoms with Gasteiger partial charge in [-0.15, -0.1) is 0 Å². The summed E-state index contributed by atoms with van der Waals surface area (Å²) < 4.78 is 5.50. The number of aromatic nitrogens is 2. The molecule has 4 rings (SSSR count). The predicted molar refractivity (Wildman–Crippen MR) is 139 cm³/mol. The molecular formula is C29H32N4O2. The minimum absolute atomic E-state index is 0.134. The summed E-state index contributed by atoms with van der Waals surface area (Å²) in [5.41, 5.74) is 5.14. The van der Waals surface area contributed by atoms with Crippen LogP contribution in [0.3, 0.4) is 0 Å². The van der Waals surface area contributed by atoms with Crippen LogP contribution in [-0.4, -0.2) is 27.6 Å². The minimum Gasteiger partial charge on any atom is -0.339 e. The Balaban J connectivity index is 1.49. The molecule has 0 saturated carbocycles. The first-order valence-corrected chi connectivity index (χ1v) is 12.0. The van der Waals surface area contributed by atoms with Crippen molar-refractivity contribution in [3.05, 3.63) is 101 Å². The monoisotopic (exact) mass is 468 g/mol. The first kappa shape index (κ1) is 24.2. The van der Waals surface area contributed by atoms with Gasteiger partial charge in [-0.1, -0.05) is 91.3 Å². The molecule has 0 fully saturated rings. The number of rotatable bonds is 8. The third-order valence-corrected chi connectivity index (χ3v) is 6.18. The number of nitrogens with one attached hydrogen (secondary N) is 1. The van der Waals surface area contributed by atoms with E-state index in [1.807, 2.05) is 80.6 Å². The Bertz CT molecular complexity index is 1230. The smallest absolute Gasteiger partial charge is 0.322 e. The van der Waals surface area contributed by atoms with Gasteiger partial charge in [0.15, 0.2) is 0 Å². The van der Waals surface area contributed by atoms with Crippen molar-refractivity contribution in [3.63, 3.8) is 0 Å². The zero-order valence-corrected chi connectivity index (χ0v) is 20.7. The first-order chi connectivity index (χ1) is 16.9. The molecule has 1 heterocycles. The normalized spacial score (nSPS) is 11.9. The molecule has 1 N–H and O–H groups in total. The van der Waals surface area contributed by atoms with Gasteiger partial charge in [0.1, 0.15) is 0 Å². The molecule has 0 aliphatic rings. The predicted octanol–water partition coefficient (Wildman–Crippen LogP) is 7.01. The highest BCUT2D eigenvalue weighted by Gasteiger charge is 2.23. The van der Waals surface area contributed by atoms with E-state index in [2.05, 4.69) is 41.4 Å². The highest BCUT2D eigenvalue weighted by Crippen LogP contribution is 2.23. The maximum atomic E-state index is 13.4. The molecule has 1 atom stereocenters. The summed E-state index contributed by atoms with van der Waals surface area (Å²) in [6, 6.07) is 25.7. The average Bonchev–Trinajstić information content (AvgIpc) is 3.34. The Labute approximate surface area is 207 Å². The molecule has 6 nitrogen and oxygen atoms in total. The van der Waals surface area contributed by atoms with E-state index in [0.29, 0.717) is 30.6 Å². The van der Waals surface area contributed by atoms with Gasteiger partial charge in [-0.3, -0.25) is 0 Å². The van der Waals surface area contributed by atoms with Crippen LogP contribution in [0.2, 0.25) is 0 Å². The van der Waals surface area contributed by atoms with Crippen molar-refractivity contribution in [2.45, 2.75) is 46.1 Å². The highest BCUT2D eigenvalue weighted by atomic mass is 16.5. The standard InChI is InChI=1S/C29H32N4O2/c1-20(2)23-14-16-26(17-15-23)30-29(34)33(22(4)24-8-6-5-7-9-24)19-18-27-31-28(32-35-27)25-12-10-21(3)11-13-25/h5-17,20,22H,18-19H2,1-4H3,(H,30,34)/t22-/m0/s1. The molecule has 35 heavy (non-hydrogen) atoms. The average molecular weight is 469 g/mol. The first-order valence-electron chi connectivity index (χ1n) is 12.0. The fourth-order valence-corrected chi connectivity index (χ4v) is 3.92. The molecule has 0 spiro atoms. The largest absolute Gasteiger partial charge is 0.339 e. The van der Waals surface area contributed by atoms with Crippen LogP contribution >= 0.6 is 0 Å². The van der Waals surface area contributed by atoms with Gasteiger partial charge in [-0.2, -0.15) is 4.98 Å². The molecule has 0 aliphatic heterocycles. The molecule has 0 radical (unpaired) electrons. The van der Waals surface area contributed by atoms with Crippen molar-refractivity contribution in [2.75, 3.05) is 11.9 Å². The second-order valence-electron chi connectivity index (χ2n) is 9.11. The number of amides is 2. The van der Waals surface area contributed by atoms with Gasteiger partial charge in [0.2, 0.25) is 11.7 Å². The summed E-state index contributed by atoms with van der Waals surface area (Å²) in [6.07, 6.45) is 0.454. The van der Waals surface area contributed by atoms with Crippen LogP contribution < -0.4 is 5.32 Å². The van der Waals surface area contributed by atoms with Crippen molar-refractivity contribution in [3.8, 4) is 11.4 Å². The van der Waals surface area contributed by atoms with E-state index >= 15 is 0 Å². The molecule has 2 amide bonds. The van der Waals surface area contributed by atoms with Crippen LogP contribution in [0.4, 0.5) is 10.5 Å². The van der Waals surface area contributed by atoms with Crippen molar-refractivity contribution in [1.82, 2.24) is 15.0 Å². The summed E-state index contributed by atoms with van der Waals surface area (Å²) in [4.78, 5) is 19.7. The van der Waals surface area contributed by atoms with E-state index in [4.69, 9.17) is 4.52 Å². The second kappa shape index (κ2) is 11.0. The van der Waals surface area contributed by atoms with E-state index in [9.17, 15) is 4.79 Å². The Morgan fingerprint density at radius 3 is 2.26 bits per heavy atom. The molecule has 0 bridgehead atoms. The van der Waals surface area contributed by atoms with Crippen molar-refractivity contribution < 1.29 is 9.32 Å². The molecule has 4 aromatic rings. The van der Waals surface area contributed by atoms with Crippen LogP contribution in [0, 0.1) is 6.92 Å². The summed E-state index contributed by atoms with van der Waals surface area (Å²) in [6.45, 7) is 8.80. The molecular weight excluding hydrogens is 436 g/mol. The lowest BCUT2D eigenvalue weighted by Crippen LogP contribution is -2.38. The minimum atomic E-state index is -0.170. The summed E-state index contributed by atoms with van der Waals surface area (Å²) >= 11 is 0. The van der Waals surface area contributed by atoms with Gasteiger partial charge in [-0.05, 0) is 43.0 Å². The zero-order chi connectivity index (χ0) is 24.8. The van der Waals surface area contributed by atoms with Gasteiger partial charge < -0.3 is 14.7 Å². The van der Waals surface area contributed by atoms with Crippen molar-refractivity contribution in [2.24, 2.45) is 0 Å². The third-order valence-electron chi connectivity index (χ3n) is 6.18. The number of hydrogen-bond donors (Lipinski definition) is 1. The molecule has 0 aliphatic carbocycles. The highest BCUT2D eigenvalue weighted by molar-refractivity contribution is 5.89. The zero-order valence-electron chi connectivity index (χ0n) is 20.7. The van der Waals surface area contributed by atoms with Crippen LogP contribution in [-0.2, 0) is 6.42 Å². The maximum absolute atomic E-state index is 13.4. The topological polar surface area (TPSA) is 71.3 Å². The van der Waals surface area contributed by atoms with Crippen molar-refractivity contribution in [1.29, 1.82) is 0 Å². The number of urea groups is 1. The molecule has 1 aromatic heterocycles. The Morgan fingerprint density at radius 1 is 0.914 bits per heavy atom. The molecule has 0 saturated heterocycles. The molecule has 0 unspecified atom stereocenters. The van der Waals surface area contributed by atoms with Crippen molar-refractivity contribution >= 4 is 11.7 Å². The van der Waals surface area contributed by atoms with Gasteiger partial charge in [0.25, 0.3) is 0 Å². The van der Waals surface area contributed by atoms with E-state index in [1.54, 1.807) is 4.90 Å². The Kier molecular flexibility index (Phi) is 7.60. The Hall–Kier alpha value is -3.93. The lowest BCUT2D eigenvalue weighted by molar-refractivity contribution is 0.191. The van der Waals surface area contributed by atoms with E-state index in [0.717, 1.165) is 16.8 Å². The van der Waals surface area contributed by atoms with Gasteiger partial charge in [0.05, 0.1) is 6.04 Å². The number of aryl methyl sites for hydroxylation is 1. The van der Waals surface area contributed by atoms with Crippen LogP contribution in [0.25, 0.3) is 11.4 Å². The number of carbonyl (C=O) groups excluding carboxylic acids is 1. The maximum Gasteiger partial charge on any atom is 0.322 e. The number of anilines is 1. The molecule has 6 heteroatoms. The summed E-state index contributed by atoms with van der Waals surface area (Å²) in [5.74, 6) is 1.49. The fourth-order valence-electron chi connectivity index (χ4n) is 3.92. The van der Waals surface area contributed by atoms with Crippen LogP contribution in [0.15, 0.2) is 83.4 Å². The molecule has 180 valence electrons. The third kappa shape index (κ3) is 6.15. The van der Waals surface area contributed by atoms with Gasteiger partial charge in [0, 0.05) is 24.2 Å². The lowest BCUT2D eigenvalue weighted by Gasteiger charge is -2.29. The van der Waals surface area contributed by atoms with E-state index < -0.39 is 0 Å². The molecule has 3 aromatic carbocycles. The van der Waals surface area contributed by atoms with Gasteiger partial charge in [-0.25, -0.2) is 4.79 Å². The number of nitrogens with zero attached hydrogens (tertiary/aromatic N) is 3. The van der Waals surface area contributed by atoms with Crippen LogP contribution in [0.5, 0.6) is 0 Å². The number of carbonyl (C=O) groups is 1. The van der Waals surface area contributed by atoms with E-state index in [1.165, 1.54) is 11.1 Å². The summed E-state index contributed by atoms with van der Waals surface area (Å²) in [7, 11) is 0. The van der Waals surface area contributed by atoms with Crippen LogP contribution in [0.1, 0.15) is 55.3 Å². The SMILES string of the molecule is Cc1ccc(-c2noc(CCN(C(=O)Nc3ccc(C(C)C)cc3)[C@@H](C)c3ccccc3)n2)cc1. The van der Waals surface area contributed by atoms with Gasteiger partial charge >= 0.3 is 6.03 Å². The summed E-state index contributed by atoms with van der Waals surface area (Å²) in [5, 5.41) is 7.18. The number of benzene rings is 3. The Morgan fingerprint density at radius 2 is 1.60 bits per heavy atom. The lowest BCUT2D eigenvalue weighted by atomic mass is 10.0. The second-order valence-corrected chi connectivity index (χ2v) is 9.11. The quantitative estimate of drug-likeness (QED) is 0.302. The number of hydrogen-bond acceptors (Lipinski definition) is 4.